The number of rotatable bonds is 3. The molecule has 0 fully saturated rings. The zero-order chi connectivity index (χ0) is 14.7. The van der Waals surface area contributed by atoms with E-state index >= 15 is 0 Å². The number of aromatic carboxylic acids is 1. The molecule has 0 unspecified atom stereocenters. The Morgan fingerprint density at radius 2 is 1.95 bits per heavy atom. The summed E-state index contributed by atoms with van der Waals surface area (Å²) in [5.74, 6) is -2.15. The van der Waals surface area contributed by atoms with Crippen LogP contribution in [0.15, 0.2) is 36.7 Å². The van der Waals surface area contributed by atoms with Gasteiger partial charge in [-0.15, -0.1) is 0 Å². The molecule has 0 radical (unpaired) electrons. The van der Waals surface area contributed by atoms with E-state index in [1.807, 2.05) is 0 Å². The summed E-state index contributed by atoms with van der Waals surface area (Å²) in [6.45, 7) is 0. The van der Waals surface area contributed by atoms with Gasteiger partial charge in [0.2, 0.25) is 0 Å². The number of aromatic nitrogens is 1. The second-order valence-electron chi connectivity index (χ2n) is 3.96. The van der Waals surface area contributed by atoms with Gasteiger partial charge in [0, 0.05) is 11.9 Å². The Bertz CT molecular complexity index is 685. The van der Waals surface area contributed by atoms with Crippen molar-refractivity contribution in [2.75, 3.05) is 11.1 Å². The number of nitrogens with two attached hydrogens (primary N) is 1. The molecule has 1 amide bonds. The molecular formula is C13H11N3O4. The van der Waals surface area contributed by atoms with E-state index in [1.165, 1.54) is 30.5 Å². The highest BCUT2D eigenvalue weighted by molar-refractivity contribution is 6.09. The van der Waals surface area contributed by atoms with Crippen molar-refractivity contribution >= 4 is 23.3 Å². The van der Waals surface area contributed by atoms with Crippen LogP contribution in [0.4, 0.5) is 11.4 Å². The van der Waals surface area contributed by atoms with Crippen LogP contribution in [0.25, 0.3) is 0 Å². The molecular weight excluding hydrogens is 262 g/mol. The Labute approximate surface area is 113 Å². The van der Waals surface area contributed by atoms with E-state index in [0.29, 0.717) is 5.69 Å². The Kier molecular flexibility index (Phi) is 3.52. The summed E-state index contributed by atoms with van der Waals surface area (Å²) in [4.78, 5) is 26.7. The van der Waals surface area contributed by atoms with Crippen molar-refractivity contribution in [2.24, 2.45) is 0 Å². The summed E-state index contributed by atoms with van der Waals surface area (Å²) in [6.07, 6.45) is 2.46. The van der Waals surface area contributed by atoms with Gasteiger partial charge in [0.05, 0.1) is 23.0 Å². The van der Waals surface area contributed by atoms with Crippen LogP contribution >= 0.6 is 0 Å². The maximum atomic E-state index is 12.0. The average molecular weight is 273 g/mol. The Morgan fingerprint density at radius 1 is 1.20 bits per heavy atom. The molecule has 5 N–H and O–H groups in total. The molecule has 7 heteroatoms. The van der Waals surface area contributed by atoms with E-state index in [9.17, 15) is 14.7 Å². The van der Waals surface area contributed by atoms with Gasteiger partial charge in [-0.05, 0) is 24.3 Å². The van der Waals surface area contributed by atoms with Crippen LogP contribution < -0.4 is 11.1 Å². The van der Waals surface area contributed by atoms with Gasteiger partial charge in [0.1, 0.15) is 5.75 Å². The van der Waals surface area contributed by atoms with Gasteiger partial charge in [0.25, 0.3) is 5.91 Å². The quantitative estimate of drug-likeness (QED) is 0.625. The maximum Gasteiger partial charge on any atom is 0.337 e. The van der Waals surface area contributed by atoms with Crippen molar-refractivity contribution in [1.29, 1.82) is 0 Å². The molecule has 2 aromatic rings. The number of aromatic hydroxyl groups is 1. The summed E-state index contributed by atoms with van der Waals surface area (Å²) < 4.78 is 0. The molecule has 102 valence electrons. The fourth-order valence-electron chi connectivity index (χ4n) is 1.62. The molecule has 0 aliphatic rings. The summed E-state index contributed by atoms with van der Waals surface area (Å²) >= 11 is 0. The zero-order valence-corrected chi connectivity index (χ0v) is 10.2. The van der Waals surface area contributed by atoms with E-state index in [0.717, 1.165) is 6.20 Å². The van der Waals surface area contributed by atoms with Gasteiger partial charge in [-0.2, -0.15) is 0 Å². The number of pyridine rings is 1. The van der Waals surface area contributed by atoms with Crippen molar-refractivity contribution in [3.8, 4) is 5.75 Å². The van der Waals surface area contributed by atoms with Crippen molar-refractivity contribution < 1.29 is 19.8 Å². The van der Waals surface area contributed by atoms with Crippen molar-refractivity contribution in [2.45, 2.75) is 0 Å². The molecule has 20 heavy (non-hydrogen) atoms. The van der Waals surface area contributed by atoms with Crippen molar-refractivity contribution in [3.05, 3.63) is 47.8 Å². The molecule has 0 aliphatic heterocycles. The van der Waals surface area contributed by atoms with Crippen molar-refractivity contribution in [3.63, 3.8) is 0 Å². The number of nitrogens with zero attached hydrogens (tertiary/aromatic N) is 1. The van der Waals surface area contributed by atoms with Gasteiger partial charge in [-0.25, -0.2) is 4.79 Å². The molecule has 0 bridgehead atoms. The third kappa shape index (κ3) is 2.66. The summed E-state index contributed by atoms with van der Waals surface area (Å²) in [7, 11) is 0. The number of amides is 1. The first kappa shape index (κ1) is 13.3. The molecule has 7 nitrogen and oxygen atoms in total. The van der Waals surface area contributed by atoms with E-state index in [1.54, 1.807) is 0 Å². The number of nitrogen functional groups attached to an aromatic ring is 1. The first-order valence-corrected chi connectivity index (χ1v) is 5.56. The van der Waals surface area contributed by atoms with Gasteiger partial charge in [0.15, 0.2) is 0 Å². The van der Waals surface area contributed by atoms with Gasteiger partial charge in [-0.1, -0.05) is 0 Å². The monoisotopic (exact) mass is 273 g/mol. The van der Waals surface area contributed by atoms with Crippen molar-refractivity contribution in [1.82, 2.24) is 4.98 Å². The number of carbonyl (C=O) groups is 2. The highest BCUT2D eigenvalue weighted by Crippen LogP contribution is 2.22. The molecule has 0 spiro atoms. The summed E-state index contributed by atoms with van der Waals surface area (Å²) in [5, 5.41) is 21.0. The zero-order valence-electron chi connectivity index (χ0n) is 10.2. The predicted molar refractivity (Wildman–Crippen MR) is 71.7 cm³/mol. The lowest BCUT2D eigenvalue weighted by Gasteiger charge is -2.10. The highest BCUT2D eigenvalue weighted by Gasteiger charge is 2.16. The minimum absolute atomic E-state index is 0.0150. The first-order chi connectivity index (χ1) is 9.49. The Hall–Kier alpha value is -3.09. The average Bonchev–Trinajstić information content (AvgIpc) is 2.38. The highest BCUT2D eigenvalue weighted by atomic mass is 16.4. The third-order valence-electron chi connectivity index (χ3n) is 2.57. The van der Waals surface area contributed by atoms with Gasteiger partial charge in [-0.3, -0.25) is 9.78 Å². The first-order valence-electron chi connectivity index (χ1n) is 5.56. The summed E-state index contributed by atoms with van der Waals surface area (Å²) in [5.41, 5.74) is 5.82. The number of hydrogen-bond donors (Lipinski definition) is 4. The smallest absolute Gasteiger partial charge is 0.337 e. The largest absolute Gasteiger partial charge is 0.505 e. The maximum absolute atomic E-state index is 12.0. The molecule has 0 aliphatic carbocycles. The SMILES string of the molecule is Nc1ccc(C(=O)O)c(NC(=O)c2ccncc2O)c1. The normalized spacial score (nSPS) is 10.0. The van der Waals surface area contributed by atoms with Gasteiger partial charge >= 0.3 is 5.97 Å². The second kappa shape index (κ2) is 5.27. The van der Waals surface area contributed by atoms with E-state index < -0.39 is 11.9 Å². The third-order valence-corrected chi connectivity index (χ3v) is 2.57. The number of nitrogens with one attached hydrogen (secondary N) is 1. The molecule has 1 heterocycles. The molecule has 1 aromatic heterocycles. The predicted octanol–water partition coefficient (Wildman–Crippen LogP) is 1.32. The number of hydrogen-bond acceptors (Lipinski definition) is 5. The standard InChI is InChI=1S/C13H11N3O4/c14-7-1-2-8(13(19)20)10(5-7)16-12(18)9-3-4-15-6-11(9)17/h1-6,17H,14H2,(H,16,18)(H,19,20). The van der Waals surface area contributed by atoms with Crippen LogP contribution in [0.1, 0.15) is 20.7 Å². The van der Waals surface area contributed by atoms with Crippen LogP contribution in [-0.4, -0.2) is 27.1 Å². The molecule has 0 saturated heterocycles. The number of carboxylic acid groups (broad SMARTS) is 1. The number of anilines is 2. The molecule has 0 atom stereocenters. The lowest BCUT2D eigenvalue weighted by molar-refractivity contribution is 0.0698. The summed E-state index contributed by atoms with van der Waals surface area (Å²) in [6, 6.07) is 5.36. The number of carboxylic acids is 1. The molecule has 1 aromatic carbocycles. The van der Waals surface area contributed by atoms with Crippen LogP contribution in [0.3, 0.4) is 0 Å². The molecule has 2 rings (SSSR count). The Balaban J connectivity index is 2.35. The second-order valence-corrected chi connectivity index (χ2v) is 3.96. The number of carbonyl (C=O) groups excluding carboxylic acids is 1. The fourth-order valence-corrected chi connectivity index (χ4v) is 1.62. The van der Waals surface area contributed by atoms with Crippen LogP contribution in [0.2, 0.25) is 0 Å². The molecule has 0 saturated carbocycles. The minimum atomic E-state index is -1.20. The van der Waals surface area contributed by atoms with E-state index in [4.69, 9.17) is 10.8 Å². The minimum Gasteiger partial charge on any atom is -0.505 e. The number of benzene rings is 1. The topological polar surface area (TPSA) is 126 Å². The van der Waals surface area contributed by atoms with Gasteiger partial charge < -0.3 is 21.3 Å². The lowest BCUT2D eigenvalue weighted by Crippen LogP contribution is -2.15. The van der Waals surface area contributed by atoms with Crippen LogP contribution in [-0.2, 0) is 0 Å². The lowest BCUT2D eigenvalue weighted by atomic mass is 10.1. The van der Waals surface area contributed by atoms with Crippen LogP contribution in [0.5, 0.6) is 5.75 Å². The van der Waals surface area contributed by atoms with E-state index in [-0.39, 0.29) is 22.6 Å². The van der Waals surface area contributed by atoms with Crippen LogP contribution in [0, 0.1) is 0 Å². The van der Waals surface area contributed by atoms with E-state index in [2.05, 4.69) is 10.3 Å². The fraction of sp³-hybridized carbons (Fsp3) is 0. The Morgan fingerprint density at radius 3 is 2.60 bits per heavy atom.